The van der Waals surface area contributed by atoms with Crippen molar-refractivity contribution in [2.24, 2.45) is 0 Å². The van der Waals surface area contributed by atoms with Crippen LogP contribution < -0.4 is 4.74 Å². The molecule has 6 rings (SSSR count). The Labute approximate surface area is 329 Å². The molecular weight excluding hydrogens is 749 g/mol. The molecular formula is C44H44ClF3O8. The van der Waals surface area contributed by atoms with Gasteiger partial charge in [-0.3, -0.25) is 0 Å². The van der Waals surface area contributed by atoms with E-state index in [9.17, 15) is 23.4 Å². The quantitative estimate of drug-likeness (QED) is 0.0975. The van der Waals surface area contributed by atoms with Gasteiger partial charge >= 0.3 is 6.18 Å². The lowest BCUT2D eigenvalue weighted by atomic mass is 9.80. The van der Waals surface area contributed by atoms with Gasteiger partial charge in [0.15, 0.2) is 6.61 Å². The minimum Gasteiger partial charge on any atom is -0.484 e. The fraction of sp³-hybridized carbons (Fsp3) is 0.318. The summed E-state index contributed by atoms with van der Waals surface area (Å²) in [6.07, 6.45) is -7.32. The minimum absolute atomic E-state index is 0.0770. The summed E-state index contributed by atoms with van der Waals surface area (Å²) < 4.78 is 76.5. The average Bonchev–Trinajstić information content (AvgIpc) is 3.22. The molecule has 0 saturated carbocycles. The van der Waals surface area contributed by atoms with Crippen LogP contribution in [0.5, 0.6) is 5.75 Å². The van der Waals surface area contributed by atoms with Gasteiger partial charge < -0.3 is 38.6 Å². The molecule has 0 bridgehead atoms. The number of aliphatic hydroxyl groups excluding tert-OH is 2. The molecule has 4 atom stereocenters. The molecule has 5 aromatic carbocycles. The Morgan fingerprint density at radius 3 is 1.68 bits per heavy atom. The topological polar surface area (TPSA) is 95.8 Å². The zero-order chi connectivity index (χ0) is 39.6. The van der Waals surface area contributed by atoms with Crippen molar-refractivity contribution in [2.45, 2.75) is 62.1 Å². The average molecular weight is 793 g/mol. The van der Waals surface area contributed by atoms with Gasteiger partial charge in [0.25, 0.3) is 0 Å². The van der Waals surface area contributed by atoms with Crippen LogP contribution >= 0.6 is 11.6 Å². The molecule has 296 valence electrons. The molecule has 0 aliphatic carbocycles. The van der Waals surface area contributed by atoms with Crippen molar-refractivity contribution in [3.8, 4) is 5.75 Å². The molecule has 1 heterocycles. The second kappa shape index (κ2) is 18.8. The number of benzene rings is 5. The van der Waals surface area contributed by atoms with Gasteiger partial charge in [-0.25, -0.2) is 0 Å². The van der Waals surface area contributed by atoms with E-state index in [-0.39, 0.29) is 32.0 Å². The highest BCUT2D eigenvalue weighted by molar-refractivity contribution is 6.31. The molecule has 0 aromatic heterocycles. The molecule has 1 aliphatic rings. The van der Waals surface area contributed by atoms with E-state index in [1.165, 1.54) is 19.2 Å². The Bertz CT molecular complexity index is 1950. The van der Waals surface area contributed by atoms with Crippen LogP contribution in [0.4, 0.5) is 13.2 Å². The van der Waals surface area contributed by atoms with E-state index in [1.54, 1.807) is 30.3 Å². The molecule has 0 amide bonds. The van der Waals surface area contributed by atoms with Crippen LogP contribution in [0.25, 0.3) is 0 Å². The highest BCUT2D eigenvalue weighted by Gasteiger charge is 2.64. The number of halogens is 4. The zero-order valence-corrected chi connectivity index (χ0v) is 31.5. The van der Waals surface area contributed by atoms with E-state index in [0.717, 1.165) is 22.3 Å². The summed E-state index contributed by atoms with van der Waals surface area (Å²) in [5.74, 6) is -1.74. The number of methoxy groups -OCH3 is 1. The molecule has 1 aliphatic heterocycles. The van der Waals surface area contributed by atoms with Crippen molar-refractivity contribution in [3.05, 3.63) is 172 Å². The molecule has 1 saturated heterocycles. The van der Waals surface area contributed by atoms with Gasteiger partial charge in [-0.05, 0) is 58.5 Å². The SMILES string of the molecule is CO[C@@]1(c2ccc(Cl)c(Cc3ccc(OCC(F)(F)F)cc3)c2)OC(CO)(CO)[C@@H](OCc2ccccc2)[C@H](OCc2ccccc2)C1OCc1ccccc1. The second-order valence-corrected chi connectivity index (χ2v) is 14.0. The second-order valence-electron chi connectivity index (χ2n) is 13.6. The summed E-state index contributed by atoms with van der Waals surface area (Å²) in [5.41, 5.74) is 2.64. The van der Waals surface area contributed by atoms with Crippen molar-refractivity contribution < 1.29 is 51.8 Å². The minimum atomic E-state index is -4.46. The standard InChI is InChI=1S/C44H44ClF3O8/c1-51-44(36-19-22-38(45)35(24-36)23-31-17-20-37(21-18-31)55-30-43(46,47)48)41(54-27-34-15-9-4-10-16-34)39(52-25-32-11-5-2-6-12-32)40(42(28-49,29-50)56-44)53-26-33-13-7-3-8-14-33/h2-22,24,39-41,49-50H,23,25-30H2,1H3/t39-,40-,41?,44-/m0/s1. The van der Waals surface area contributed by atoms with Gasteiger partial charge in [0.2, 0.25) is 5.79 Å². The fourth-order valence-corrected chi connectivity index (χ4v) is 7.00. The third-order valence-electron chi connectivity index (χ3n) is 9.68. The molecule has 56 heavy (non-hydrogen) atoms. The molecule has 0 radical (unpaired) electrons. The zero-order valence-electron chi connectivity index (χ0n) is 30.7. The Kier molecular flexibility index (Phi) is 13.8. The number of aliphatic hydroxyl groups is 2. The first-order valence-electron chi connectivity index (χ1n) is 18.1. The maximum absolute atomic E-state index is 12.7. The molecule has 8 nitrogen and oxygen atoms in total. The largest absolute Gasteiger partial charge is 0.484 e. The first kappa shape index (κ1) is 41.3. The smallest absolute Gasteiger partial charge is 0.422 e. The summed E-state index contributed by atoms with van der Waals surface area (Å²) in [4.78, 5) is 0. The summed E-state index contributed by atoms with van der Waals surface area (Å²) in [5, 5.41) is 22.7. The van der Waals surface area contributed by atoms with E-state index < -0.39 is 55.7 Å². The van der Waals surface area contributed by atoms with Gasteiger partial charge in [0, 0.05) is 17.7 Å². The molecule has 0 spiro atoms. The van der Waals surface area contributed by atoms with Crippen molar-refractivity contribution in [1.82, 2.24) is 0 Å². The van der Waals surface area contributed by atoms with Crippen LogP contribution in [0.15, 0.2) is 133 Å². The lowest BCUT2D eigenvalue weighted by Gasteiger charge is -2.56. The van der Waals surface area contributed by atoms with Crippen LogP contribution in [0.2, 0.25) is 5.02 Å². The van der Waals surface area contributed by atoms with Crippen LogP contribution in [0.1, 0.15) is 33.4 Å². The van der Waals surface area contributed by atoms with E-state index in [2.05, 4.69) is 0 Å². The van der Waals surface area contributed by atoms with Crippen molar-refractivity contribution in [3.63, 3.8) is 0 Å². The molecule has 5 aromatic rings. The summed E-state index contributed by atoms with van der Waals surface area (Å²) >= 11 is 6.77. The normalized spacial score (nSPS) is 20.8. The number of ether oxygens (including phenoxy) is 6. The van der Waals surface area contributed by atoms with Crippen molar-refractivity contribution >= 4 is 11.6 Å². The summed E-state index contributed by atoms with van der Waals surface area (Å²) in [6.45, 7) is -2.39. The van der Waals surface area contributed by atoms with Crippen LogP contribution in [-0.4, -0.2) is 67.2 Å². The van der Waals surface area contributed by atoms with Gasteiger partial charge in [0.05, 0.1) is 33.0 Å². The molecule has 12 heteroatoms. The van der Waals surface area contributed by atoms with Gasteiger partial charge in [-0.15, -0.1) is 0 Å². The maximum atomic E-state index is 12.7. The third kappa shape index (κ3) is 9.98. The first-order valence-corrected chi connectivity index (χ1v) is 18.5. The fourth-order valence-electron chi connectivity index (χ4n) is 6.81. The summed E-state index contributed by atoms with van der Waals surface area (Å²) in [6, 6.07) is 40.1. The van der Waals surface area contributed by atoms with E-state index in [4.69, 9.17) is 40.0 Å². The highest BCUT2D eigenvalue weighted by Crippen LogP contribution is 2.48. The molecule has 1 fully saturated rings. The number of hydrogen-bond donors (Lipinski definition) is 2. The Morgan fingerprint density at radius 1 is 0.661 bits per heavy atom. The first-order chi connectivity index (χ1) is 27.1. The van der Waals surface area contributed by atoms with Gasteiger partial charge in [-0.1, -0.05) is 121 Å². The predicted octanol–water partition coefficient (Wildman–Crippen LogP) is 8.18. The third-order valence-corrected chi connectivity index (χ3v) is 10.1. The Hall–Kier alpha value is -4.30. The van der Waals surface area contributed by atoms with Gasteiger partial charge in [-0.2, -0.15) is 13.2 Å². The lowest BCUT2D eigenvalue weighted by Crippen LogP contribution is -2.72. The Balaban J connectivity index is 1.42. The van der Waals surface area contributed by atoms with E-state index in [0.29, 0.717) is 16.1 Å². The lowest BCUT2D eigenvalue weighted by molar-refractivity contribution is -0.417. The van der Waals surface area contributed by atoms with Crippen LogP contribution in [-0.2, 0) is 55.7 Å². The number of alkyl halides is 3. The van der Waals surface area contributed by atoms with Crippen LogP contribution in [0, 0.1) is 0 Å². The highest BCUT2D eigenvalue weighted by atomic mass is 35.5. The number of rotatable bonds is 17. The van der Waals surface area contributed by atoms with Gasteiger partial charge in [0.1, 0.15) is 29.7 Å². The maximum Gasteiger partial charge on any atom is 0.422 e. The predicted molar refractivity (Wildman–Crippen MR) is 204 cm³/mol. The van der Waals surface area contributed by atoms with E-state index >= 15 is 0 Å². The van der Waals surface area contributed by atoms with E-state index in [1.807, 2.05) is 91.0 Å². The number of hydrogen-bond acceptors (Lipinski definition) is 8. The summed E-state index contributed by atoms with van der Waals surface area (Å²) in [7, 11) is 1.45. The molecule has 2 N–H and O–H groups in total. The van der Waals surface area contributed by atoms with Crippen LogP contribution in [0.3, 0.4) is 0 Å². The monoisotopic (exact) mass is 792 g/mol. The van der Waals surface area contributed by atoms with Crippen molar-refractivity contribution in [1.29, 1.82) is 0 Å². The molecule has 1 unspecified atom stereocenters. The Morgan fingerprint density at radius 2 is 1.18 bits per heavy atom. The van der Waals surface area contributed by atoms with Crippen molar-refractivity contribution in [2.75, 3.05) is 26.9 Å².